The topological polar surface area (TPSA) is 74.5 Å². The lowest BCUT2D eigenvalue weighted by atomic mass is 10.2. The van der Waals surface area contributed by atoms with Crippen LogP contribution in [0.5, 0.6) is 0 Å². The summed E-state index contributed by atoms with van der Waals surface area (Å²) in [4.78, 5) is 21.3. The Bertz CT molecular complexity index is 596. The number of nitrogens with one attached hydrogen (secondary N) is 1. The fourth-order valence-electron chi connectivity index (χ4n) is 3.37. The molecule has 7 heteroatoms. The van der Waals surface area contributed by atoms with E-state index in [0.29, 0.717) is 24.5 Å². The molecule has 0 aromatic carbocycles. The minimum atomic E-state index is -0.0457. The molecule has 132 valence electrons. The molecule has 0 spiro atoms. The third kappa shape index (κ3) is 3.62. The van der Waals surface area contributed by atoms with E-state index in [4.69, 9.17) is 4.52 Å². The summed E-state index contributed by atoms with van der Waals surface area (Å²) in [5, 5.41) is 7.21. The van der Waals surface area contributed by atoms with Gasteiger partial charge in [-0.05, 0) is 46.1 Å². The number of carbonyl (C=O) groups is 1. The summed E-state index contributed by atoms with van der Waals surface area (Å²) in [6.07, 6.45) is 5.70. The maximum absolute atomic E-state index is 12.2. The van der Waals surface area contributed by atoms with E-state index in [9.17, 15) is 4.79 Å². The Morgan fingerprint density at radius 1 is 1.38 bits per heavy atom. The number of nitrogens with zero attached hydrogens (tertiary/aromatic N) is 4. The Balaban J connectivity index is 1.27. The Morgan fingerprint density at radius 3 is 2.88 bits per heavy atom. The van der Waals surface area contributed by atoms with Crippen LogP contribution in [-0.4, -0.2) is 64.1 Å². The van der Waals surface area contributed by atoms with E-state index < -0.39 is 0 Å². The van der Waals surface area contributed by atoms with Crippen molar-refractivity contribution in [1.82, 2.24) is 25.3 Å². The van der Waals surface area contributed by atoms with Gasteiger partial charge in [0.15, 0.2) is 5.82 Å². The predicted octanol–water partition coefficient (Wildman–Crippen LogP) is 1.12. The summed E-state index contributed by atoms with van der Waals surface area (Å²) in [5.74, 6) is 2.26. The summed E-state index contributed by atoms with van der Waals surface area (Å²) in [6, 6.07) is 0.819. The van der Waals surface area contributed by atoms with Gasteiger partial charge < -0.3 is 9.84 Å². The molecule has 1 N–H and O–H groups in total. The maximum Gasteiger partial charge on any atom is 0.237 e. The van der Waals surface area contributed by atoms with Crippen molar-refractivity contribution in [3.05, 3.63) is 11.7 Å². The molecule has 2 atom stereocenters. The molecule has 3 aliphatic rings. The smallest absolute Gasteiger partial charge is 0.237 e. The van der Waals surface area contributed by atoms with Crippen LogP contribution in [0, 0.1) is 0 Å². The quantitative estimate of drug-likeness (QED) is 0.806. The van der Waals surface area contributed by atoms with Gasteiger partial charge in [-0.3, -0.25) is 14.6 Å². The first kappa shape index (κ1) is 16.0. The molecule has 2 saturated carbocycles. The van der Waals surface area contributed by atoms with E-state index in [2.05, 4.69) is 32.3 Å². The number of aromatic nitrogens is 2. The number of amides is 1. The van der Waals surface area contributed by atoms with Gasteiger partial charge in [-0.15, -0.1) is 0 Å². The summed E-state index contributed by atoms with van der Waals surface area (Å²) < 4.78 is 5.33. The van der Waals surface area contributed by atoms with Crippen molar-refractivity contribution in [3.8, 4) is 0 Å². The van der Waals surface area contributed by atoms with E-state index in [1.807, 2.05) is 6.92 Å². The second-order valence-corrected chi connectivity index (χ2v) is 7.63. The largest absolute Gasteiger partial charge is 0.352 e. The maximum atomic E-state index is 12.2. The zero-order valence-electron chi connectivity index (χ0n) is 14.6. The fourth-order valence-corrected chi connectivity index (χ4v) is 3.37. The zero-order chi connectivity index (χ0) is 16.7. The standard InChI is InChI=1S/C17H27N5O2/c1-11(16(23)18-13-5-6-13)22-8-7-14(9-22)21(2)10-15-19-17(24-20-15)12-3-4-12/h11-14H,3-10H2,1-2H3,(H,18,23). The van der Waals surface area contributed by atoms with Crippen molar-refractivity contribution in [3.63, 3.8) is 0 Å². The molecule has 24 heavy (non-hydrogen) atoms. The molecule has 3 fully saturated rings. The Labute approximate surface area is 142 Å². The van der Waals surface area contributed by atoms with Crippen LogP contribution in [0.2, 0.25) is 0 Å². The van der Waals surface area contributed by atoms with Gasteiger partial charge in [0, 0.05) is 31.1 Å². The lowest BCUT2D eigenvalue weighted by Gasteiger charge is -2.26. The van der Waals surface area contributed by atoms with Crippen molar-refractivity contribution >= 4 is 5.91 Å². The Hall–Kier alpha value is -1.47. The molecule has 1 aromatic rings. The van der Waals surface area contributed by atoms with E-state index in [0.717, 1.165) is 44.1 Å². The molecule has 1 aromatic heterocycles. The van der Waals surface area contributed by atoms with Gasteiger partial charge in [-0.1, -0.05) is 5.16 Å². The van der Waals surface area contributed by atoms with Crippen LogP contribution in [0.4, 0.5) is 0 Å². The van der Waals surface area contributed by atoms with Gasteiger partial charge in [-0.2, -0.15) is 4.98 Å². The fraction of sp³-hybridized carbons (Fsp3) is 0.824. The van der Waals surface area contributed by atoms with Crippen molar-refractivity contribution in [2.24, 2.45) is 0 Å². The van der Waals surface area contributed by atoms with E-state index in [1.165, 1.54) is 12.8 Å². The minimum Gasteiger partial charge on any atom is -0.352 e. The van der Waals surface area contributed by atoms with E-state index >= 15 is 0 Å². The average Bonchev–Trinajstić information content (AvgIpc) is 3.48. The molecule has 0 radical (unpaired) electrons. The molecule has 2 heterocycles. The van der Waals surface area contributed by atoms with Crippen LogP contribution in [0.15, 0.2) is 4.52 Å². The first-order valence-electron chi connectivity index (χ1n) is 9.17. The second-order valence-electron chi connectivity index (χ2n) is 7.63. The molecule has 1 saturated heterocycles. The van der Waals surface area contributed by atoms with Crippen LogP contribution in [0.3, 0.4) is 0 Å². The number of likely N-dealkylation sites (N-methyl/N-ethyl adjacent to an activating group) is 1. The van der Waals surface area contributed by atoms with Crippen LogP contribution in [0.1, 0.15) is 56.7 Å². The normalized spacial score (nSPS) is 26.0. The lowest BCUT2D eigenvalue weighted by Crippen LogP contribution is -2.46. The Morgan fingerprint density at radius 2 is 2.17 bits per heavy atom. The third-order valence-corrected chi connectivity index (χ3v) is 5.47. The lowest BCUT2D eigenvalue weighted by molar-refractivity contribution is -0.125. The van der Waals surface area contributed by atoms with Crippen LogP contribution < -0.4 is 5.32 Å². The van der Waals surface area contributed by atoms with Gasteiger partial charge in [0.1, 0.15) is 0 Å². The molecule has 4 rings (SSSR count). The van der Waals surface area contributed by atoms with Crippen molar-refractivity contribution in [2.45, 2.75) is 69.6 Å². The first-order valence-corrected chi connectivity index (χ1v) is 9.17. The summed E-state index contributed by atoms with van der Waals surface area (Å²) in [7, 11) is 2.11. The van der Waals surface area contributed by atoms with Gasteiger partial charge >= 0.3 is 0 Å². The highest BCUT2D eigenvalue weighted by Gasteiger charge is 2.34. The second kappa shape index (κ2) is 6.44. The number of rotatable bonds is 7. The highest BCUT2D eigenvalue weighted by molar-refractivity contribution is 5.81. The van der Waals surface area contributed by atoms with E-state index in [1.54, 1.807) is 0 Å². The molecule has 2 aliphatic carbocycles. The van der Waals surface area contributed by atoms with Gasteiger partial charge in [0.25, 0.3) is 0 Å². The van der Waals surface area contributed by atoms with E-state index in [-0.39, 0.29) is 11.9 Å². The monoisotopic (exact) mass is 333 g/mol. The van der Waals surface area contributed by atoms with Crippen molar-refractivity contribution in [2.75, 3.05) is 20.1 Å². The van der Waals surface area contributed by atoms with Crippen LogP contribution >= 0.6 is 0 Å². The molecule has 1 aliphatic heterocycles. The minimum absolute atomic E-state index is 0.0457. The number of carbonyl (C=O) groups excluding carboxylic acids is 1. The molecular weight excluding hydrogens is 306 g/mol. The van der Waals surface area contributed by atoms with Gasteiger partial charge in [0.05, 0.1) is 12.6 Å². The number of hydrogen-bond acceptors (Lipinski definition) is 6. The summed E-state index contributed by atoms with van der Waals surface area (Å²) >= 11 is 0. The van der Waals surface area contributed by atoms with Crippen LogP contribution in [-0.2, 0) is 11.3 Å². The molecule has 1 amide bonds. The first-order chi connectivity index (χ1) is 11.6. The molecule has 2 unspecified atom stereocenters. The zero-order valence-corrected chi connectivity index (χ0v) is 14.6. The highest BCUT2D eigenvalue weighted by Crippen LogP contribution is 2.38. The predicted molar refractivity (Wildman–Crippen MR) is 88.3 cm³/mol. The van der Waals surface area contributed by atoms with Crippen molar-refractivity contribution in [1.29, 1.82) is 0 Å². The van der Waals surface area contributed by atoms with Crippen molar-refractivity contribution < 1.29 is 9.32 Å². The SMILES string of the molecule is CC(C(=O)NC1CC1)N1CCC(N(C)Cc2noc(C3CC3)n2)C1. The summed E-state index contributed by atoms with van der Waals surface area (Å²) in [5.41, 5.74) is 0. The van der Waals surface area contributed by atoms with Gasteiger partial charge in [0.2, 0.25) is 11.8 Å². The van der Waals surface area contributed by atoms with Crippen LogP contribution in [0.25, 0.3) is 0 Å². The Kier molecular flexibility index (Phi) is 4.30. The van der Waals surface area contributed by atoms with Gasteiger partial charge in [-0.25, -0.2) is 0 Å². The molecular formula is C17H27N5O2. The number of hydrogen-bond donors (Lipinski definition) is 1. The number of likely N-dealkylation sites (tertiary alicyclic amines) is 1. The summed E-state index contributed by atoms with van der Waals surface area (Å²) in [6.45, 7) is 4.61. The average molecular weight is 333 g/mol. The third-order valence-electron chi connectivity index (χ3n) is 5.47. The molecule has 7 nitrogen and oxygen atoms in total. The highest BCUT2D eigenvalue weighted by atomic mass is 16.5. The molecule has 0 bridgehead atoms.